The summed E-state index contributed by atoms with van der Waals surface area (Å²) in [6.45, 7) is 5.21. The van der Waals surface area contributed by atoms with Crippen molar-refractivity contribution in [3.63, 3.8) is 0 Å². The first-order valence-corrected chi connectivity index (χ1v) is 9.55. The highest BCUT2D eigenvalue weighted by Crippen LogP contribution is 2.45. The topological polar surface area (TPSA) is 33.1 Å². The minimum atomic E-state index is -4.91. The largest absolute Gasteiger partial charge is 0.416 e. The van der Waals surface area contributed by atoms with Gasteiger partial charge in [0.05, 0.1) is 21.5 Å². The van der Waals surface area contributed by atoms with E-state index in [0.717, 1.165) is 11.8 Å². The van der Waals surface area contributed by atoms with Gasteiger partial charge in [0.25, 0.3) is 0 Å². The van der Waals surface area contributed by atoms with Gasteiger partial charge < -0.3 is 5.11 Å². The molecule has 0 fully saturated rings. The fourth-order valence-electron chi connectivity index (χ4n) is 2.27. The van der Waals surface area contributed by atoms with Gasteiger partial charge in [0.2, 0.25) is 0 Å². The number of alkyl halides is 6. The van der Waals surface area contributed by atoms with Gasteiger partial charge in [-0.1, -0.05) is 20.8 Å². The molecule has 1 N–H and O–H groups in total. The van der Waals surface area contributed by atoms with Gasteiger partial charge in [-0.15, -0.1) is 23.1 Å². The number of hydrogen-bond acceptors (Lipinski definition) is 4. The first kappa shape index (κ1) is 22.0. The fraction of sp³-hybridized carbons (Fsp3) is 0.471. The zero-order valence-electron chi connectivity index (χ0n) is 14.6. The number of hydrogen-bond donors (Lipinski definition) is 1. The van der Waals surface area contributed by atoms with E-state index in [1.807, 2.05) is 0 Å². The van der Waals surface area contributed by atoms with Crippen LogP contribution in [-0.4, -0.2) is 15.8 Å². The van der Waals surface area contributed by atoms with E-state index in [9.17, 15) is 31.4 Å². The molecule has 1 unspecified atom stereocenters. The van der Waals surface area contributed by atoms with E-state index in [0.29, 0.717) is 17.0 Å². The molecule has 150 valence electrons. The molecular weight excluding hydrogens is 412 g/mol. The first-order valence-electron chi connectivity index (χ1n) is 7.68. The van der Waals surface area contributed by atoms with Gasteiger partial charge in [-0.2, -0.15) is 26.3 Å². The molecule has 2 aromatic rings. The molecule has 0 spiro atoms. The summed E-state index contributed by atoms with van der Waals surface area (Å²) in [6, 6.07) is 1.41. The molecule has 0 aliphatic carbocycles. The molecular formula is C17H17F6NOS2. The molecule has 0 aliphatic rings. The monoisotopic (exact) mass is 429 g/mol. The Hall–Kier alpha value is -1.26. The predicted molar refractivity (Wildman–Crippen MR) is 92.6 cm³/mol. The summed E-state index contributed by atoms with van der Waals surface area (Å²) in [5, 5.41) is 11.1. The Morgan fingerprint density at radius 1 is 0.963 bits per heavy atom. The minimum absolute atomic E-state index is 0.0865. The summed E-state index contributed by atoms with van der Waals surface area (Å²) in [4.78, 5) is 4.17. The standard InChI is InChI=1S/C17H17F6NOS2/c1-14(2,3)15(25,13-7-24-9-27-13)8-26-12-5-10(16(18,19)20)4-11(6-12)17(21,22)23/h4-7,9,25H,8H2,1-3H3. The number of aliphatic hydroxyl groups is 1. The van der Waals surface area contributed by atoms with Crippen LogP contribution in [0.4, 0.5) is 26.3 Å². The number of aromatic nitrogens is 1. The lowest BCUT2D eigenvalue weighted by atomic mass is 9.77. The number of thiazole rings is 1. The van der Waals surface area contributed by atoms with Crippen LogP contribution in [0.2, 0.25) is 0 Å². The van der Waals surface area contributed by atoms with Crippen molar-refractivity contribution in [1.29, 1.82) is 0 Å². The Morgan fingerprint density at radius 2 is 1.48 bits per heavy atom. The summed E-state index contributed by atoms with van der Waals surface area (Å²) in [5.41, 5.74) is -3.45. The van der Waals surface area contributed by atoms with E-state index in [2.05, 4.69) is 4.98 Å². The third-order valence-electron chi connectivity index (χ3n) is 4.09. The second kappa shape index (κ2) is 7.29. The highest BCUT2D eigenvalue weighted by Gasteiger charge is 2.43. The van der Waals surface area contributed by atoms with Gasteiger partial charge in [-0.25, -0.2) is 0 Å². The van der Waals surface area contributed by atoms with E-state index in [1.165, 1.54) is 23.0 Å². The molecule has 2 nitrogen and oxygen atoms in total. The van der Waals surface area contributed by atoms with Crippen LogP contribution in [0.5, 0.6) is 0 Å². The van der Waals surface area contributed by atoms with Crippen LogP contribution in [0.3, 0.4) is 0 Å². The summed E-state index contributed by atoms with van der Waals surface area (Å²) in [5.74, 6) is -0.128. The average Bonchev–Trinajstić information content (AvgIpc) is 3.04. The lowest BCUT2D eigenvalue weighted by molar-refractivity contribution is -0.143. The molecule has 0 radical (unpaired) electrons. The van der Waals surface area contributed by atoms with Crippen LogP contribution in [0, 0.1) is 5.41 Å². The summed E-state index contributed by atoms with van der Waals surface area (Å²) in [6.07, 6.45) is -8.37. The summed E-state index contributed by atoms with van der Waals surface area (Å²) in [7, 11) is 0. The minimum Gasteiger partial charge on any atom is -0.383 e. The van der Waals surface area contributed by atoms with Gasteiger partial charge in [0.1, 0.15) is 5.60 Å². The third-order valence-corrected chi connectivity index (χ3v) is 6.14. The van der Waals surface area contributed by atoms with E-state index in [-0.39, 0.29) is 16.7 Å². The van der Waals surface area contributed by atoms with Crippen molar-refractivity contribution in [1.82, 2.24) is 4.98 Å². The van der Waals surface area contributed by atoms with E-state index >= 15 is 0 Å². The molecule has 2 rings (SSSR count). The molecule has 1 aromatic carbocycles. The third kappa shape index (κ3) is 4.97. The normalized spacial score (nSPS) is 15.6. The fourth-order valence-corrected chi connectivity index (χ4v) is 4.68. The highest BCUT2D eigenvalue weighted by atomic mass is 32.2. The van der Waals surface area contributed by atoms with Crippen LogP contribution in [-0.2, 0) is 18.0 Å². The predicted octanol–water partition coefficient (Wildman–Crippen LogP) is 6.21. The van der Waals surface area contributed by atoms with Crippen molar-refractivity contribution in [2.24, 2.45) is 5.41 Å². The molecule has 0 aliphatic heterocycles. The maximum atomic E-state index is 13.0. The van der Waals surface area contributed by atoms with Crippen LogP contribution in [0.25, 0.3) is 0 Å². The van der Waals surface area contributed by atoms with Crippen molar-refractivity contribution in [3.8, 4) is 0 Å². The molecule has 1 atom stereocenters. The lowest BCUT2D eigenvalue weighted by Gasteiger charge is -2.39. The van der Waals surface area contributed by atoms with Crippen molar-refractivity contribution in [2.75, 3.05) is 5.75 Å². The van der Waals surface area contributed by atoms with Gasteiger partial charge in [0.15, 0.2) is 0 Å². The van der Waals surface area contributed by atoms with Gasteiger partial charge in [-0.05, 0) is 23.6 Å². The van der Waals surface area contributed by atoms with Crippen molar-refractivity contribution < 1.29 is 31.4 Å². The maximum absolute atomic E-state index is 13.0. The van der Waals surface area contributed by atoms with Gasteiger partial charge in [-0.3, -0.25) is 4.98 Å². The Morgan fingerprint density at radius 3 is 1.85 bits per heavy atom. The second-order valence-corrected chi connectivity index (χ2v) is 8.94. The van der Waals surface area contributed by atoms with Crippen molar-refractivity contribution >= 4 is 23.1 Å². The number of thioether (sulfide) groups is 1. The number of halogens is 6. The zero-order chi connectivity index (χ0) is 20.7. The SMILES string of the molecule is CC(C)(C)C(O)(CSc1cc(C(F)(F)F)cc(C(F)(F)F)c1)c1cncs1. The van der Waals surface area contributed by atoms with Crippen LogP contribution < -0.4 is 0 Å². The van der Waals surface area contributed by atoms with Crippen LogP contribution in [0.1, 0.15) is 36.8 Å². The first-order chi connectivity index (χ1) is 12.1. The Kier molecular flexibility index (Phi) is 5.95. The molecule has 0 bridgehead atoms. The van der Waals surface area contributed by atoms with Gasteiger partial charge in [0, 0.05) is 16.8 Å². The lowest BCUT2D eigenvalue weighted by Crippen LogP contribution is -2.41. The average molecular weight is 429 g/mol. The van der Waals surface area contributed by atoms with Crippen LogP contribution in [0.15, 0.2) is 34.8 Å². The van der Waals surface area contributed by atoms with Crippen molar-refractivity contribution in [2.45, 2.75) is 43.6 Å². The number of benzene rings is 1. The Labute approximate surface area is 160 Å². The molecule has 1 heterocycles. The molecule has 27 heavy (non-hydrogen) atoms. The summed E-state index contributed by atoms with van der Waals surface area (Å²) >= 11 is 1.91. The Bertz CT molecular complexity index is 748. The number of nitrogens with zero attached hydrogens (tertiary/aromatic N) is 1. The molecule has 10 heteroatoms. The Balaban J connectivity index is 2.41. The summed E-state index contributed by atoms with van der Waals surface area (Å²) < 4.78 is 77.9. The smallest absolute Gasteiger partial charge is 0.383 e. The molecule has 1 aromatic heterocycles. The highest BCUT2D eigenvalue weighted by molar-refractivity contribution is 7.99. The zero-order valence-corrected chi connectivity index (χ0v) is 16.2. The molecule has 0 saturated carbocycles. The quantitative estimate of drug-likeness (QED) is 0.464. The maximum Gasteiger partial charge on any atom is 0.416 e. The molecule has 0 saturated heterocycles. The second-order valence-electron chi connectivity index (χ2n) is 7.01. The van der Waals surface area contributed by atoms with Gasteiger partial charge >= 0.3 is 12.4 Å². The van der Waals surface area contributed by atoms with E-state index in [4.69, 9.17) is 0 Å². The van der Waals surface area contributed by atoms with Crippen molar-refractivity contribution in [3.05, 3.63) is 45.9 Å². The number of rotatable bonds is 4. The van der Waals surface area contributed by atoms with E-state index in [1.54, 1.807) is 20.8 Å². The van der Waals surface area contributed by atoms with Crippen LogP contribution >= 0.6 is 23.1 Å². The van der Waals surface area contributed by atoms with E-state index < -0.39 is 34.5 Å². The molecule has 0 amide bonds.